The molecule has 2 atom stereocenters. The summed E-state index contributed by atoms with van der Waals surface area (Å²) in [5, 5.41) is 12.6. The molecule has 1 N–H and O–H groups in total. The average molecular weight is 270 g/mol. The fourth-order valence-corrected chi connectivity index (χ4v) is 3.75. The van der Waals surface area contributed by atoms with Crippen molar-refractivity contribution in [2.45, 2.75) is 57.2 Å². The fourth-order valence-electron chi connectivity index (χ4n) is 3.75. The van der Waals surface area contributed by atoms with Crippen LogP contribution in [0.1, 0.15) is 43.4 Å². The van der Waals surface area contributed by atoms with Crippen LogP contribution in [0.2, 0.25) is 0 Å². The van der Waals surface area contributed by atoms with Crippen molar-refractivity contribution in [3.63, 3.8) is 0 Å². The smallest absolute Gasteiger partial charge is 0.127 e. The molecule has 0 aliphatic carbocycles. The number of rotatable bonds is 2. The van der Waals surface area contributed by atoms with Crippen molar-refractivity contribution < 1.29 is 0 Å². The van der Waals surface area contributed by atoms with Crippen molar-refractivity contribution in [1.82, 2.24) is 9.88 Å². The van der Waals surface area contributed by atoms with Crippen LogP contribution in [0.5, 0.6) is 0 Å². The predicted octanol–water partition coefficient (Wildman–Crippen LogP) is 2.69. The molecular weight excluding hydrogens is 248 g/mol. The molecule has 1 aromatic heterocycles. The summed E-state index contributed by atoms with van der Waals surface area (Å²) < 4.78 is 0. The Labute approximate surface area is 120 Å². The molecule has 0 aromatic carbocycles. The minimum absolute atomic E-state index is 0.488. The summed E-state index contributed by atoms with van der Waals surface area (Å²) in [6, 6.07) is 7.80. The highest BCUT2D eigenvalue weighted by atomic mass is 15.2. The molecule has 2 fully saturated rings. The van der Waals surface area contributed by atoms with E-state index < -0.39 is 0 Å². The number of nitriles is 1. The monoisotopic (exact) mass is 270 g/mol. The summed E-state index contributed by atoms with van der Waals surface area (Å²) >= 11 is 0. The second-order valence-electron chi connectivity index (χ2n) is 6.21. The number of aromatic nitrogens is 1. The van der Waals surface area contributed by atoms with Gasteiger partial charge >= 0.3 is 0 Å². The van der Waals surface area contributed by atoms with E-state index in [9.17, 15) is 0 Å². The van der Waals surface area contributed by atoms with Crippen LogP contribution in [-0.4, -0.2) is 35.1 Å². The quantitative estimate of drug-likeness (QED) is 0.897. The lowest BCUT2D eigenvalue weighted by Crippen LogP contribution is -2.52. The topological polar surface area (TPSA) is 52.0 Å². The van der Waals surface area contributed by atoms with E-state index in [1.807, 2.05) is 19.1 Å². The molecule has 3 heterocycles. The number of anilines is 1. The van der Waals surface area contributed by atoms with E-state index in [2.05, 4.69) is 28.3 Å². The Balaban J connectivity index is 1.72. The summed E-state index contributed by atoms with van der Waals surface area (Å²) in [5.74, 6) is 0.856. The van der Waals surface area contributed by atoms with Gasteiger partial charge in [-0.15, -0.1) is 0 Å². The lowest BCUT2D eigenvalue weighted by atomic mass is 9.82. The van der Waals surface area contributed by atoms with Gasteiger partial charge in [0.15, 0.2) is 0 Å². The number of aryl methyl sites for hydroxylation is 1. The highest BCUT2D eigenvalue weighted by Gasteiger charge is 2.35. The first-order valence-electron chi connectivity index (χ1n) is 7.53. The number of nitrogens with zero attached hydrogens (tertiary/aromatic N) is 3. The molecule has 2 bridgehead atoms. The van der Waals surface area contributed by atoms with Crippen LogP contribution in [0.25, 0.3) is 0 Å². The number of hydrogen-bond donors (Lipinski definition) is 1. The van der Waals surface area contributed by atoms with Crippen LogP contribution < -0.4 is 5.32 Å². The maximum absolute atomic E-state index is 9.05. The van der Waals surface area contributed by atoms with E-state index in [-0.39, 0.29) is 0 Å². The maximum atomic E-state index is 9.05. The van der Waals surface area contributed by atoms with Crippen molar-refractivity contribution in [2.24, 2.45) is 0 Å². The Hall–Kier alpha value is -1.60. The molecule has 0 spiro atoms. The number of nitrogens with one attached hydrogen (secondary N) is 1. The van der Waals surface area contributed by atoms with Gasteiger partial charge in [0.2, 0.25) is 0 Å². The van der Waals surface area contributed by atoms with E-state index in [0.717, 1.165) is 11.5 Å². The molecule has 20 heavy (non-hydrogen) atoms. The number of pyridine rings is 1. The average Bonchev–Trinajstić information content (AvgIpc) is 2.39. The summed E-state index contributed by atoms with van der Waals surface area (Å²) in [6.07, 6.45) is 6.37. The van der Waals surface area contributed by atoms with Crippen molar-refractivity contribution >= 4 is 5.82 Å². The molecule has 0 radical (unpaired) electrons. The third-order valence-electron chi connectivity index (χ3n) is 4.77. The van der Waals surface area contributed by atoms with Gasteiger partial charge in [0.05, 0.1) is 11.6 Å². The Morgan fingerprint density at radius 2 is 2.00 bits per heavy atom. The number of piperidine rings is 2. The Morgan fingerprint density at radius 3 is 2.65 bits per heavy atom. The van der Waals surface area contributed by atoms with E-state index in [0.29, 0.717) is 23.7 Å². The minimum atomic E-state index is 0.488. The summed E-state index contributed by atoms with van der Waals surface area (Å²) in [4.78, 5) is 7.07. The minimum Gasteiger partial charge on any atom is -0.367 e. The Bertz CT molecular complexity index is 520. The SMILES string of the molecule is Cc1cc(C#N)cc(NC2CC3CCCC(C2)N3C)n1. The van der Waals surface area contributed by atoms with Crippen LogP contribution in [0.15, 0.2) is 12.1 Å². The van der Waals surface area contributed by atoms with E-state index in [1.54, 1.807) is 0 Å². The van der Waals surface area contributed by atoms with Gasteiger partial charge in [-0.1, -0.05) is 6.42 Å². The molecule has 106 valence electrons. The molecule has 2 unspecified atom stereocenters. The van der Waals surface area contributed by atoms with Crippen LogP contribution in [0.4, 0.5) is 5.82 Å². The largest absolute Gasteiger partial charge is 0.367 e. The van der Waals surface area contributed by atoms with Crippen LogP contribution in [0.3, 0.4) is 0 Å². The maximum Gasteiger partial charge on any atom is 0.127 e. The zero-order valence-corrected chi connectivity index (χ0v) is 12.3. The lowest BCUT2D eigenvalue weighted by Gasteiger charge is -2.47. The predicted molar refractivity (Wildman–Crippen MR) is 79.5 cm³/mol. The summed E-state index contributed by atoms with van der Waals surface area (Å²) in [6.45, 7) is 1.94. The molecule has 2 aliphatic heterocycles. The van der Waals surface area contributed by atoms with Crippen molar-refractivity contribution in [1.29, 1.82) is 5.26 Å². The first-order chi connectivity index (χ1) is 9.65. The highest BCUT2D eigenvalue weighted by molar-refractivity contribution is 5.45. The summed E-state index contributed by atoms with van der Waals surface area (Å²) in [7, 11) is 2.27. The van der Waals surface area contributed by atoms with Gasteiger partial charge in [-0.05, 0) is 51.8 Å². The molecule has 0 amide bonds. The number of fused-ring (bicyclic) bond motifs is 2. The van der Waals surface area contributed by atoms with Gasteiger partial charge in [-0.3, -0.25) is 0 Å². The van der Waals surface area contributed by atoms with Crippen molar-refractivity contribution in [3.8, 4) is 6.07 Å². The van der Waals surface area contributed by atoms with Crippen LogP contribution in [0, 0.1) is 18.3 Å². The zero-order chi connectivity index (χ0) is 14.1. The Morgan fingerprint density at radius 1 is 1.30 bits per heavy atom. The normalized spacial score (nSPS) is 29.8. The molecule has 0 saturated carbocycles. The molecule has 2 saturated heterocycles. The second-order valence-corrected chi connectivity index (χ2v) is 6.21. The molecule has 3 rings (SSSR count). The first-order valence-corrected chi connectivity index (χ1v) is 7.53. The number of hydrogen-bond acceptors (Lipinski definition) is 4. The summed E-state index contributed by atoms with van der Waals surface area (Å²) in [5.41, 5.74) is 1.59. The molecular formula is C16H22N4. The fraction of sp³-hybridized carbons (Fsp3) is 0.625. The molecule has 4 heteroatoms. The zero-order valence-electron chi connectivity index (χ0n) is 12.3. The molecule has 1 aromatic rings. The van der Waals surface area contributed by atoms with Gasteiger partial charge in [-0.2, -0.15) is 5.26 Å². The standard InChI is InChI=1S/C16H22N4/c1-11-6-12(10-17)7-16(18-11)19-13-8-14-4-3-5-15(9-13)20(14)2/h6-7,13-15H,3-5,8-9H2,1-2H3,(H,18,19). The first kappa shape index (κ1) is 13.4. The third-order valence-corrected chi connectivity index (χ3v) is 4.77. The van der Waals surface area contributed by atoms with E-state index >= 15 is 0 Å². The van der Waals surface area contributed by atoms with Crippen molar-refractivity contribution in [2.75, 3.05) is 12.4 Å². The van der Waals surface area contributed by atoms with Gasteiger partial charge in [-0.25, -0.2) is 4.98 Å². The van der Waals surface area contributed by atoms with Crippen molar-refractivity contribution in [3.05, 3.63) is 23.4 Å². The highest BCUT2D eigenvalue weighted by Crippen LogP contribution is 2.33. The molecule has 2 aliphatic rings. The van der Waals surface area contributed by atoms with Gasteiger partial charge < -0.3 is 10.2 Å². The Kier molecular flexibility index (Phi) is 3.62. The van der Waals surface area contributed by atoms with Gasteiger partial charge in [0.25, 0.3) is 0 Å². The molecule has 4 nitrogen and oxygen atoms in total. The van der Waals surface area contributed by atoms with Crippen LogP contribution in [-0.2, 0) is 0 Å². The van der Waals surface area contributed by atoms with Crippen LogP contribution >= 0.6 is 0 Å². The lowest BCUT2D eigenvalue weighted by molar-refractivity contribution is 0.0608. The second kappa shape index (κ2) is 5.41. The van der Waals surface area contributed by atoms with Gasteiger partial charge in [0, 0.05) is 23.8 Å². The van der Waals surface area contributed by atoms with E-state index in [1.165, 1.54) is 32.1 Å². The van der Waals surface area contributed by atoms with Gasteiger partial charge in [0.1, 0.15) is 5.82 Å². The third kappa shape index (κ3) is 2.64. The van der Waals surface area contributed by atoms with E-state index in [4.69, 9.17) is 5.26 Å².